The van der Waals surface area contributed by atoms with Crippen LogP contribution in [0.15, 0.2) is 78.0 Å². The first-order valence-corrected chi connectivity index (χ1v) is 12.8. The maximum atomic E-state index is 13.3. The number of rotatable bonds is 5. The Labute approximate surface area is 198 Å². The molecule has 3 aromatic rings. The third-order valence-electron chi connectivity index (χ3n) is 6.12. The summed E-state index contributed by atoms with van der Waals surface area (Å²) in [6.07, 6.45) is 4.99. The van der Waals surface area contributed by atoms with E-state index >= 15 is 0 Å². The number of aromatic nitrogens is 1. The Morgan fingerprint density at radius 3 is 2.62 bits per heavy atom. The van der Waals surface area contributed by atoms with Gasteiger partial charge in [0.15, 0.2) is 12.0 Å². The van der Waals surface area contributed by atoms with Crippen LogP contribution in [0, 0.1) is 0 Å². The summed E-state index contributed by atoms with van der Waals surface area (Å²) in [4.78, 5) is 23.3. The topological polar surface area (TPSA) is 109 Å². The largest absolute Gasteiger partial charge is 0.369 e. The molecule has 1 atom stereocenters. The molecule has 2 aliphatic rings. The highest BCUT2D eigenvalue weighted by Crippen LogP contribution is 2.31. The average Bonchev–Trinajstić information content (AvgIpc) is 3.13. The van der Waals surface area contributed by atoms with E-state index in [1.54, 1.807) is 30.6 Å². The first-order chi connectivity index (χ1) is 16.4. The van der Waals surface area contributed by atoms with Crippen LogP contribution in [0.3, 0.4) is 0 Å². The second-order valence-corrected chi connectivity index (χ2v) is 10.5. The number of carbonyl (C=O) groups excluding carboxylic acids is 1. The molecule has 2 aliphatic heterocycles. The monoisotopic (exact) mass is 475 g/mol. The zero-order chi connectivity index (χ0) is 23.7. The lowest BCUT2D eigenvalue weighted by molar-refractivity contribution is -0.127. The summed E-state index contributed by atoms with van der Waals surface area (Å²) in [5.41, 5.74) is 10.2. The number of nitrogens with two attached hydrogens (primary N) is 1. The second kappa shape index (κ2) is 8.90. The van der Waals surface area contributed by atoms with Gasteiger partial charge < -0.3 is 5.73 Å². The SMILES string of the molecule is NC1=NC(c2cccc(-c3cccnc3)c2)C(=O)N1Cc1cccc(N2CCCCS2(=O)=O)c1. The highest BCUT2D eigenvalue weighted by atomic mass is 32.2. The van der Waals surface area contributed by atoms with Gasteiger partial charge in [-0.2, -0.15) is 0 Å². The van der Waals surface area contributed by atoms with Gasteiger partial charge in [-0.3, -0.25) is 19.0 Å². The number of nitrogens with zero attached hydrogens (tertiary/aromatic N) is 4. The van der Waals surface area contributed by atoms with Crippen molar-refractivity contribution in [3.05, 3.63) is 84.2 Å². The lowest BCUT2D eigenvalue weighted by atomic mass is 10.0. The quantitative estimate of drug-likeness (QED) is 0.610. The van der Waals surface area contributed by atoms with Crippen LogP contribution >= 0.6 is 0 Å². The summed E-state index contributed by atoms with van der Waals surface area (Å²) in [6, 6.07) is 18.0. The number of aliphatic imine (C=N–C) groups is 1. The molecule has 5 rings (SSSR count). The van der Waals surface area contributed by atoms with Crippen LogP contribution in [0.2, 0.25) is 0 Å². The van der Waals surface area contributed by atoms with E-state index in [1.807, 2.05) is 42.5 Å². The molecule has 2 aromatic carbocycles. The summed E-state index contributed by atoms with van der Waals surface area (Å²) in [7, 11) is -3.31. The molecule has 0 bridgehead atoms. The van der Waals surface area contributed by atoms with Crippen molar-refractivity contribution in [3.8, 4) is 11.1 Å². The number of carbonyl (C=O) groups is 1. The van der Waals surface area contributed by atoms with Gasteiger partial charge in [0.05, 0.1) is 18.0 Å². The van der Waals surface area contributed by atoms with Crippen molar-refractivity contribution in [2.24, 2.45) is 10.7 Å². The molecular weight excluding hydrogens is 450 g/mol. The molecule has 0 saturated carbocycles. The lowest BCUT2D eigenvalue weighted by Gasteiger charge is -2.28. The van der Waals surface area contributed by atoms with Crippen molar-refractivity contribution in [1.29, 1.82) is 0 Å². The molecule has 0 radical (unpaired) electrons. The van der Waals surface area contributed by atoms with Gasteiger partial charge in [0, 0.05) is 18.9 Å². The fourth-order valence-electron chi connectivity index (χ4n) is 4.39. The summed E-state index contributed by atoms with van der Waals surface area (Å²) in [6.45, 7) is 0.683. The van der Waals surface area contributed by atoms with E-state index in [4.69, 9.17) is 5.73 Å². The molecule has 1 unspecified atom stereocenters. The van der Waals surface area contributed by atoms with Gasteiger partial charge in [-0.05, 0) is 59.4 Å². The first kappa shape index (κ1) is 22.1. The Morgan fingerprint density at radius 2 is 1.82 bits per heavy atom. The number of anilines is 1. The van der Waals surface area contributed by atoms with Gasteiger partial charge in [-0.25, -0.2) is 13.4 Å². The molecule has 1 saturated heterocycles. The van der Waals surface area contributed by atoms with Gasteiger partial charge in [0.25, 0.3) is 5.91 Å². The maximum absolute atomic E-state index is 13.3. The fraction of sp³-hybridized carbons (Fsp3) is 0.240. The van der Waals surface area contributed by atoms with Crippen molar-refractivity contribution in [3.63, 3.8) is 0 Å². The number of benzene rings is 2. The zero-order valence-corrected chi connectivity index (χ0v) is 19.4. The predicted octanol–water partition coefficient (Wildman–Crippen LogP) is 3.08. The van der Waals surface area contributed by atoms with Crippen LogP contribution in [-0.2, 0) is 21.4 Å². The lowest BCUT2D eigenvalue weighted by Crippen LogP contribution is -2.38. The molecule has 0 aliphatic carbocycles. The normalized spacial score (nSPS) is 19.8. The number of sulfonamides is 1. The van der Waals surface area contributed by atoms with E-state index in [1.165, 1.54) is 9.21 Å². The van der Waals surface area contributed by atoms with E-state index < -0.39 is 16.1 Å². The summed E-state index contributed by atoms with van der Waals surface area (Å²) >= 11 is 0. The molecule has 1 aromatic heterocycles. The molecule has 9 heteroatoms. The standard InChI is InChI=1S/C25H25N5O3S/c26-25-28-23(20-8-4-7-19(15-20)21-9-5-11-27-16-21)24(31)29(25)17-18-6-3-10-22(14-18)30-12-1-2-13-34(30,32)33/h3-11,14-16,23H,1-2,12-13,17H2,(H2,26,28). The Hall–Kier alpha value is -3.72. The van der Waals surface area contributed by atoms with Crippen LogP contribution in [0.25, 0.3) is 11.1 Å². The molecule has 0 spiro atoms. The van der Waals surface area contributed by atoms with Crippen molar-refractivity contribution >= 4 is 27.6 Å². The Bertz CT molecular complexity index is 1360. The van der Waals surface area contributed by atoms with E-state index in [9.17, 15) is 13.2 Å². The minimum absolute atomic E-state index is 0.151. The molecule has 34 heavy (non-hydrogen) atoms. The Morgan fingerprint density at radius 1 is 1.00 bits per heavy atom. The third-order valence-corrected chi connectivity index (χ3v) is 7.99. The van der Waals surface area contributed by atoms with Gasteiger partial charge in [-0.15, -0.1) is 0 Å². The van der Waals surface area contributed by atoms with Gasteiger partial charge >= 0.3 is 0 Å². The molecule has 1 fully saturated rings. The minimum atomic E-state index is -3.31. The van der Waals surface area contributed by atoms with Crippen LogP contribution < -0.4 is 10.0 Å². The van der Waals surface area contributed by atoms with Crippen LogP contribution in [0.4, 0.5) is 5.69 Å². The van der Waals surface area contributed by atoms with Gasteiger partial charge in [0.1, 0.15) is 0 Å². The van der Waals surface area contributed by atoms with E-state index in [-0.39, 0.29) is 24.2 Å². The summed E-state index contributed by atoms with van der Waals surface area (Å²) in [5.74, 6) is 0.0935. The predicted molar refractivity (Wildman–Crippen MR) is 131 cm³/mol. The maximum Gasteiger partial charge on any atom is 0.259 e. The van der Waals surface area contributed by atoms with Crippen LogP contribution in [0.1, 0.15) is 30.0 Å². The van der Waals surface area contributed by atoms with Crippen molar-refractivity contribution < 1.29 is 13.2 Å². The summed E-state index contributed by atoms with van der Waals surface area (Å²) in [5, 5.41) is 0. The molecule has 174 valence electrons. The second-order valence-electron chi connectivity index (χ2n) is 8.45. The summed E-state index contributed by atoms with van der Waals surface area (Å²) < 4.78 is 26.4. The number of amides is 1. The molecule has 1 amide bonds. The zero-order valence-electron chi connectivity index (χ0n) is 18.5. The third kappa shape index (κ3) is 4.26. The van der Waals surface area contributed by atoms with Crippen LogP contribution in [-0.4, -0.2) is 42.5 Å². The first-order valence-electron chi connectivity index (χ1n) is 11.2. The molecule has 2 N–H and O–H groups in total. The van der Waals surface area contributed by atoms with Crippen molar-refractivity contribution in [2.75, 3.05) is 16.6 Å². The van der Waals surface area contributed by atoms with Gasteiger partial charge in [0.2, 0.25) is 10.0 Å². The van der Waals surface area contributed by atoms with Crippen molar-refractivity contribution in [2.45, 2.75) is 25.4 Å². The molecule has 8 nitrogen and oxygen atoms in total. The number of hydrogen-bond acceptors (Lipinski definition) is 6. The average molecular weight is 476 g/mol. The van der Waals surface area contributed by atoms with E-state index in [0.29, 0.717) is 18.7 Å². The van der Waals surface area contributed by atoms with E-state index in [0.717, 1.165) is 28.7 Å². The van der Waals surface area contributed by atoms with Crippen LogP contribution in [0.5, 0.6) is 0 Å². The molecule has 3 heterocycles. The smallest absolute Gasteiger partial charge is 0.259 e. The highest BCUT2D eigenvalue weighted by molar-refractivity contribution is 7.92. The number of pyridine rings is 1. The minimum Gasteiger partial charge on any atom is -0.369 e. The van der Waals surface area contributed by atoms with Crippen molar-refractivity contribution in [1.82, 2.24) is 9.88 Å². The Kier molecular flexibility index (Phi) is 5.79. The fourth-order valence-corrected chi connectivity index (χ4v) is 6.02. The van der Waals surface area contributed by atoms with E-state index in [2.05, 4.69) is 9.98 Å². The number of hydrogen-bond donors (Lipinski definition) is 1. The molecular formula is C25H25N5O3S. The highest BCUT2D eigenvalue weighted by Gasteiger charge is 2.35. The number of guanidine groups is 1. The Balaban J connectivity index is 1.37. The van der Waals surface area contributed by atoms with Gasteiger partial charge in [-0.1, -0.05) is 36.4 Å².